The monoisotopic (exact) mass is 338 g/mol. The minimum atomic E-state index is -0.232. The number of anilines is 1. The average molecular weight is 338 g/mol. The molecule has 2 aromatic rings. The Morgan fingerprint density at radius 3 is 2.48 bits per heavy atom. The predicted molar refractivity (Wildman–Crippen MR) is 101 cm³/mol. The first-order valence-electron chi connectivity index (χ1n) is 8.73. The summed E-state index contributed by atoms with van der Waals surface area (Å²) >= 11 is 0. The molecular weight excluding hydrogens is 312 g/mol. The van der Waals surface area contributed by atoms with Gasteiger partial charge in [-0.3, -0.25) is 14.7 Å². The van der Waals surface area contributed by atoms with Crippen molar-refractivity contribution in [2.45, 2.75) is 13.0 Å². The first-order valence-corrected chi connectivity index (χ1v) is 8.73. The summed E-state index contributed by atoms with van der Waals surface area (Å²) in [7, 11) is 3.94. The molecule has 0 bridgehead atoms. The second-order valence-electron chi connectivity index (χ2n) is 6.80. The van der Waals surface area contributed by atoms with E-state index in [-0.39, 0.29) is 11.9 Å². The van der Waals surface area contributed by atoms with E-state index >= 15 is 0 Å². The van der Waals surface area contributed by atoms with E-state index in [4.69, 9.17) is 0 Å². The van der Waals surface area contributed by atoms with E-state index in [0.29, 0.717) is 0 Å². The molecule has 132 valence electrons. The normalized spacial score (nSPS) is 16.2. The predicted octanol–water partition coefficient (Wildman–Crippen LogP) is 2.34. The van der Waals surface area contributed by atoms with Crippen molar-refractivity contribution in [2.75, 3.05) is 45.2 Å². The summed E-state index contributed by atoms with van der Waals surface area (Å²) < 4.78 is 0. The maximum atomic E-state index is 13.1. The minimum Gasteiger partial charge on any atom is -0.367 e. The van der Waals surface area contributed by atoms with Crippen LogP contribution in [0.15, 0.2) is 48.8 Å². The number of rotatable bonds is 4. The molecule has 1 aromatic heterocycles. The summed E-state index contributed by atoms with van der Waals surface area (Å²) in [6, 6.07) is 12.0. The lowest BCUT2D eigenvalue weighted by molar-refractivity contribution is -0.136. The van der Waals surface area contributed by atoms with Gasteiger partial charge in [0.25, 0.3) is 0 Å². The Morgan fingerprint density at radius 2 is 1.88 bits per heavy atom. The number of likely N-dealkylation sites (N-methyl/N-ethyl adjacent to an activating group) is 1. The lowest BCUT2D eigenvalue weighted by Crippen LogP contribution is -2.51. The molecule has 0 aliphatic carbocycles. The summed E-state index contributed by atoms with van der Waals surface area (Å²) in [5.41, 5.74) is 3.36. The van der Waals surface area contributed by atoms with Gasteiger partial charge in [-0.2, -0.15) is 0 Å². The molecule has 1 atom stereocenters. The highest BCUT2D eigenvalue weighted by Gasteiger charge is 2.30. The molecule has 5 heteroatoms. The van der Waals surface area contributed by atoms with Crippen molar-refractivity contribution in [3.05, 3.63) is 59.9 Å². The molecule has 1 amide bonds. The number of hydrogen-bond acceptors (Lipinski definition) is 4. The molecule has 1 aliphatic heterocycles. The highest BCUT2D eigenvalue weighted by molar-refractivity contribution is 5.83. The molecule has 1 fully saturated rings. The molecule has 1 unspecified atom stereocenters. The van der Waals surface area contributed by atoms with E-state index in [1.165, 1.54) is 5.56 Å². The Balaban J connectivity index is 1.70. The third-order valence-electron chi connectivity index (χ3n) is 4.71. The number of amides is 1. The van der Waals surface area contributed by atoms with Crippen LogP contribution in [-0.2, 0) is 4.79 Å². The van der Waals surface area contributed by atoms with Crippen LogP contribution in [-0.4, -0.2) is 61.0 Å². The summed E-state index contributed by atoms with van der Waals surface area (Å²) in [6.07, 6.45) is 3.67. The average Bonchev–Trinajstić information content (AvgIpc) is 2.62. The largest absolute Gasteiger partial charge is 0.367 e. The van der Waals surface area contributed by atoms with Gasteiger partial charge in [-0.15, -0.1) is 0 Å². The van der Waals surface area contributed by atoms with Crippen LogP contribution in [0.2, 0.25) is 0 Å². The third kappa shape index (κ3) is 3.99. The van der Waals surface area contributed by atoms with E-state index in [0.717, 1.165) is 37.4 Å². The van der Waals surface area contributed by atoms with Crippen LogP contribution >= 0.6 is 0 Å². The SMILES string of the molecule is Cc1cccc(C(C(=O)N2CCN(c3cccnc3)CC2)N(C)C)c1. The van der Waals surface area contributed by atoms with Crippen molar-refractivity contribution in [3.63, 3.8) is 0 Å². The Bertz CT molecular complexity index is 709. The van der Waals surface area contributed by atoms with Crippen LogP contribution < -0.4 is 4.90 Å². The summed E-state index contributed by atoms with van der Waals surface area (Å²) in [6.45, 7) is 5.22. The van der Waals surface area contributed by atoms with E-state index in [2.05, 4.69) is 35.0 Å². The van der Waals surface area contributed by atoms with E-state index in [1.807, 2.05) is 48.3 Å². The van der Waals surface area contributed by atoms with Gasteiger partial charge in [0, 0.05) is 32.4 Å². The van der Waals surface area contributed by atoms with Crippen LogP contribution in [0.3, 0.4) is 0 Å². The highest BCUT2D eigenvalue weighted by atomic mass is 16.2. The van der Waals surface area contributed by atoms with Crippen LogP contribution in [0.25, 0.3) is 0 Å². The van der Waals surface area contributed by atoms with Crippen LogP contribution in [0.4, 0.5) is 5.69 Å². The Labute approximate surface area is 149 Å². The number of aromatic nitrogens is 1. The molecular formula is C20H26N4O. The number of carbonyl (C=O) groups excluding carboxylic acids is 1. The molecule has 0 radical (unpaired) electrons. The van der Waals surface area contributed by atoms with Crippen LogP contribution in [0.1, 0.15) is 17.2 Å². The van der Waals surface area contributed by atoms with Gasteiger partial charge in [-0.25, -0.2) is 0 Å². The molecule has 0 N–H and O–H groups in total. The maximum absolute atomic E-state index is 13.1. The van der Waals surface area contributed by atoms with Gasteiger partial charge in [0.15, 0.2) is 0 Å². The van der Waals surface area contributed by atoms with Crippen molar-refractivity contribution in [1.29, 1.82) is 0 Å². The number of piperazine rings is 1. The Hall–Kier alpha value is -2.40. The maximum Gasteiger partial charge on any atom is 0.244 e. The number of aryl methyl sites for hydroxylation is 1. The lowest BCUT2D eigenvalue weighted by Gasteiger charge is -2.38. The molecule has 25 heavy (non-hydrogen) atoms. The zero-order valence-electron chi connectivity index (χ0n) is 15.2. The quantitative estimate of drug-likeness (QED) is 0.858. The molecule has 0 saturated carbocycles. The van der Waals surface area contributed by atoms with Crippen molar-refractivity contribution in [3.8, 4) is 0 Å². The molecule has 0 spiro atoms. The second-order valence-corrected chi connectivity index (χ2v) is 6.80. The number of hydrogen-bond donors (Lipinski definition) is 0. The molecule has 3 rings (SSSR count). The fourth-order valence-corrected chi connectivity index (χ4v) is 3.40. The van der Waals surface area contributed by atoms with E-state index < -0.39 is 0 Å². The fraction of sp³-hybridized carbons (Fsp3) is 0.400. The van der Waals surface area contributed by atoms with Gasteiger partial charge in [0.1, 0.15) is 6.04 Å². The van der Waals surface area contributed by atoms with Gasteiger partial charge in [0.05, 0.1) is 11.9 Å². The summed E-state index contributed by atoms with van der Waals surface area (Å²) in [5.74, 6) is 0.182. The molecule has 1 aromatic carbocycles. The van der Waals surface area contributed by atoms with Gasteiger partial charge < -0.3 is 9.80 Å². The number of pyridine rings is 1. The first kappa shape index (κ1) is 17.4. The minimum absolute atomic E-state index is 0.182. The van der Waals surface area contributed by atoms with Gasteiger partial charge in [-0.05, 0) is 38.7 Å². The summed E-state index contributed by atoms with van der Waals surface area (Å²) in [5, 5.41) is 0. The lowest BCUT2D eigenvalue weighted by atomic mass is 10.0. The zero-order chi connectivity index (χ0) is 17.8. The number of carbonyl (C=O) groups is 1. The van der Waals surface area contributed by atoms with Gasteiger partial charge in [0.2, 0.25) is 5.91 Å². The molecule has 5 nitrogen and oxygen atoms in total. The number of benzene rings is 1. The van der Waals surface area contributed by atoms with E-state index in [1.54, 1.807) is 6.20 Å². The second kappa shape index (κ2) is 7.66. The third-order valence-corrected chi connectivity index (χ3v) is 4.71. The molecule has 1 aliphatic rings. The van der Waals surface area contributed by atoms with E-state index in [9.17, 15) is 4.79 Å². The molecule has 2 heterocycles. The van der Waals surface area contributed by atoms with Crippen molar-refractivity contribution < 1.29 is 4.79 Å². The molecule has 1 saturated heterocycles. The first-order chi connectivity index (χ1) is 12.1. The van der Waals surface area contributed by atoms with Crippen molar-refractivity contribution in [1.82, 2.24) is 14.8 Å². The summed E-state index contributed by atoms with van der Waals surface area (Å²) in [4.78, 5) is 23.6. The smallest absolute Gasteiger partial charge is 0.244 e. The Morgan fingerprint density at radius 1 is 1.12 bits per heavy atom. The number of nitrogens with zero attached hydrogens (tertiary/aromatic N) is 4. The van der Waals surface area contributed by atoms with Gasteiger partial charge >= 0.3 is 0 Å². The van der Waals surface area contributed by atoms with Gasteiger partial charge in [-0.1, -0.05) is 29.8 Å². The van der Waals surface area contributed by atoms with Crippen molar-refractivity contribution in [2.24, 2.45) is 0 Å². The Kier molecular flexibility index (Phi) is 5.34. The van der Waals surface area contributed by atoms with Crippen LogP contribution in [0.5, 0.6) is 0 Å². The fourth-order valence-electron chi connectivity index (χ4n) is 3.40. The van der Waals surface area contributed by atoms with Crippen LogP contribution in [0, 0.1) is 6.92 Å². The zero-order valence-corrected chi connectivity index (χ0v) is 15.2. The standard InChI is InChI=1S/C20H26N4O/c1-16-6-4-7-17(14-16)19(22(2)3)20(25)24-12-10-23(11-13-24)18-8-5-9-21-15-18/h4-9,14-15,19H,10-13H2,1-3H3. The van der Waals surface area contributed by atoms with Crippen molar-refractivity contribution >= 4 is 11.6 Å². The highest BCUT2D eigenvalue weighted by Crippen LogP contribution is 2.23. The topological polar surface area (TPSA) is 39.7 Å².